The van der Waals surface area contributed by atoms with Crippen molar-refractivity contribution in [2.45, 2.75) is 69.8 Å². The van der Waals surface area contributed by atoms with E-state index in [1.165, 1.54) is 64.2 Å². The van der Waals surface area contributed by atoms with Crippen molar-refractivity contribution in [3.63, 3.8) is 0 Å². The van der Waals surface area contributed by atoms with Gasteiger partial charge >= 0.3 is 0 Å². The molecule has 8 saturated carbocycles. The average molecular weight is 272 g/mol. The standard InChI is InChI=1S/C19H28O/c20-18-9-13-2-14(10-18)8-17(7-13)19(18)15-3-11-1-12(5-15)6-16(19)4-11/h11-17,20H,1-10H2. The van der Waals surface area contributed by atoms with Gasteiger partial charge in [0.2, 0.25) is 0 Å². The summed E-state index contributed by atoms with van der Waals surface area (Å²) in [4.78, 5) is 0. The van der Waals surface area contributed by atoms with E-state index in [-0.39, 0.29) is 5.60 Å². The summed E-state index contributed by atoms with van der Waals surface area (Å²) >= 11 is 0. The van der Waals surface area contributed by atoms with Gasteiger partial charge in [-0.3, -0.25) is 0 Å². The Labute approximate surface area is 122 Å². The molecule has 8 rings (SSSR count). The predicted octanol–water partition coefficient (Wildman–Crippen LogP) is 4.00. The molecule has 0 aliphatic heterocycles. The summed E-state index contributed by atoms with van der Waals surface area (Å²) < 4.78 is 0. The fourth-order valence-electron chi connectivity index (χ4n) is 9.45. The zero-order chi connectivity index (χ0) is 13.1. The van der Waals surface area contributed by atoms with Crippen molar-refractivity contribution < 1.29 is 5.11 Å². The lowest BCUT2D eigenvalue weighted by Crippen LogP contribution is -2.73. The van der Waals surface area contributed by atoms with Crippen LogP contribution in [0.1, 0.15) is 64.2 Å². The predicted molar refractivity (Wildman–Crippen MR) is 78.0 cm³/mol. The molecule has 8 fully saturated rings. The smallest absolute Gasteiger partial charge is 0.0717 e. The van der Waals surface area contributed by atoms with Gasteiger partial charge in [0.05, 0.1) is 5.60 Å². The molecule has 8 bridgehead atoms. The molecule has 8 aliphatic rings. The number of hydrogen-bond acceptors (Lipinski definition) is 1. The molecule has 1 spiro atoms. The Morgan fingerprint density at radius 1 is 0.550 bits per heavy atom. The Balaban J connectivity index is 1.52. The lowest BCUT2D eigenvalue weighted by atomic mass is 9.31. The summed E-state index contributed by atoms with van der Waals surface area (Å²) in [6.07, 6.45) is 14.3. The SMILES string of the molecule is OC12CC3CC(CC(C3)C13C1CC4CC(C1)CC3C4)C2. The van der Waals surface area contributed by atoms with Crippen LogP contribution in [0.4, 0.5) is 0 Å². The first-order chi connectivity index (χ1) is 9.67. The molecule has 1 N–H and O–H groups in total. The van der Waals surface area contributed by atoms with Gasteiger partial charge in [0.1, 0.15) is 0 Å². The molecule has 110 valence electrons. The van der Waals surface area contributed by atoms with Crippen molar-refractivity contribution >= 4 is 0 Å². The first-order valence-corrected chi connectivity index (χ1v) is 9.40. The monoisotopic (exact) mass is 272 g/mol. The third-order valence-corrected chi connectivity index (χ3v) is 9.13. The minimum absolute atomic E-state index is 0.232. The highest BCUT2D eigenvalue weighted by molar-refractivity contribution is 5.22. The molecule has 2 atom stereocenters. The summed E-state index contributed by atoms with van der Waals surface area (Å²) in [6, 6.07) is 0. The van der Waals surface area contributed by atoms with Crippen molar-refractivity contribution in [3.05, 3.63) is 0 Å². The van der Waals surface area contributed by atoms with Gasteiger partial charge < -0.3 is 5.11 Å². The Morgan fingerprint density at radius 3 is 1.45 bits per heavy atom. The molecule has 0 amide bonds. The summed E-state index contributed by atoms with van der Waals surface area (Å²) in [6.45, 7) is 0. The van der Waals surface area contributed by atoms with Gasteiger partial charge in [0, 0.05) is 5.41 Å². The molecule has 0 saturated heterocycles. The van der Waals surface area contributed by atoms with Gasteiger partial charge in [-0.05, 0) is 106 Å². The molecule has 0 radical (unpaired) electrons. The zero-order valence-corrected chi connectivity index (χ0v) is 12.6. The largest absolute Gasteiger partial charge is 0.389 e. The van der Waals surface area contributed by atoms with Crippen LogP contribution in [-0.4, -0.2) is 10.7 Å². The van der Waals surface area contributed by atoms with E-state index in [1.807, 2.05) is 0 Å². The highest BCUT2D eigenvalue weighted by atomic mass is 16.3. The maximum Gasteiger partial charge on any atom is 0.0717 e. The van der Waals surface area contributed by atoms with Crippen LogP contribution in [0.15, 0.2) is 0 Å². The number of rotatable bonds is 0. The van der Waals surface area contributed by atoms with Gasteiger partial charge in [-0.15, -0.1) is 0 Å². The molecular formula is C19H28O. The molecule has 1 nitrogen and oxygen atoms in total. The summed E-state index contributed by atoms with van der Waals surface area (Å²) in [7, 11) is 0. The van der Waals surface area contributed by atoms with Crippen molar-refractivity contribution in [2.75, 3.05) is 0 Å². The van der Waals surface area contributed by atoms with Gasteiger partial charge in [0.25, 0.3) is 0 Å². The second-order valence-electron chi connectivity index (χ2n) is 9.81. The van der Waals surface area contributed by atoms with Gasteiger partial charge in [-0.25, -0.2) is 0 Å². The molecule has 0 heterocycles. The van der Waals surface area contributed by atoms with E-state index < -0.39 is 0 Å². The van der Waals surface area contributed by atoms with E-state index >= 15 is 0 Å². The fraction of sp³-hybridized carbons (Fsp3) is 1.00. The second kappa shape index (κ2) is 3.31. The van der Waals surface area contributed by atoms with E-state index in [0.717, 1.165) is 41.4 Å². The number of aliphatic hydroxyl groups is 1. The van der Waals surface area contributed by atoms with Crippen LogP contribution in [-0.2, 0) is 0 Å². The van der Waals surface area contributed by atoms with Crippen molar-refractivity contribution in [3.8, 4) is 0 Å². The van der Waals surface area contributed by atoms with Gasteiger partial charge in [0.15, 0.2) is 0 Å². The topological polar surface area (TPSA) is 20.2 Å². The molecule has 2 unspecified atom stereocenters. The first-order valence-electron chi connectivity index (χ1n) is 9.40. The molecular weight excluding hydrogens is 244 g/mol. The van der Waals surface area contributed by atoms with Gasteiger partial charge in [-0.1, -0.05) is 0 Å². The Kier molecular flexibility index (Phi) is 1.91. The van der Waals surface area contributed by atoms with Crippen LogP contribution >= 0.6 is 0 Å². The van der Waals surface area contributed by atoms with Crippen LogP contribution in [0.5, 0.6) is 0 Å². The first kappa shape index (κ1) is 11.5. The van der Waals surface area contributed by atoms with Crippen LogP contribution < -0.4 is 0 Å². The second-order valence-corrected chi connectivity index (χ2v) is 9.81. The quantitative estimate of drug-likeness (QED) is 0.706. The molecule has 8 aliphatic carbocycles. The normalized spacial score (nSPS) is 69.2. The third kappa shape index (κ3) is 1.09. The molecule has 20 heavy (non-hydrogen) atoms. The van der Waals surface area contributed by atoms with Crippen molar-refractivity contribution in [1.82, 2.24) is 0 Å². The van der Waals surface area contributed by atoms with Crippen LogP contribution in [0.2, 0.25) is 0 Å². The van der Waals surface area contributed by atoms with Crippen LogP contribution in [0, 0.1) is 46.8 Å². The fourth-order valence-corrected chi connectivity index (χ4v) is 9.45. The summed E-state index contributed by atoms with van der Waals surface area (Å²) in [5, 5.41) is 11.8. The van der Waals surface area contributed by atoms with Crippen molar-refractivity contribution in [2.24, 2.45) is 46.8 Å². The lowest BCUT2D eigenvalue weighted by Gasteiger charge is -2.75. The Bertz CT molecular complexity index is 411. The van der Waals surface area contributed by atoms with Gasteiger partial charge in [-0.2, -0.15) is 0 Å². The molecule has 0 aromatic carbocycles. The van der Waals surface area contributed by atoms with E-state index in [9.17, 15) is 5.11 Å². The average Bonchev–Trinajstić information content (AvgIpc) is 2.34. The van der Waals surface area contributed by atoms with Crippen LogP contribution in [0.25, 0.3) is 0 Å². The summed E-state index contributed by atoms with van der Waals surface area (Å²) in [5.41, 5.74) is 0.165. The molecule has 1 heteroatoms. The highest BCUT2D eigenvalue weighted by Gasteiger charge is 2.72. The summed E-state index contributed by atoms with van der Waals surface area (Å²) in [5.74, 6) is 6.60. The van der Waals surface area contributed by atoms with E-state index in [1.54, 1.807) is 0 Å². The molecule has 0 aromatic rings. The van der Waals surface area contributed by atoms with E-state index in [4.69, 9.17) is 0 Å². The minimum atomic E-state index is -0.232. The maximum absolute atomic E-state index is 11.8. The van der Waals surface area contributed by atoms with E-state index in [0.29, 0.717) is 5.41 Å². The zero-order valence-electron chi connectivity index (χ0n) is 12.6. The third-order valence-electron chi connectivity index (χ3n) is 9.13. The Hall–Kier alpha value is -0.0400. The Morgan fingerprint density at radius 2 is 0.950 bits per heavy atom. The van der Waals surface area contributed by atoms with Crippen molar-refractivity contribution in [1.29, 1.82) is 0 Å². The highest BCUT2D eigenvalue weighted by Crippen LogP contribution is 2.76. The lowest BCUT2D eigenvalue weighted by molar-refractivity contribution is -0.308. The molecule has 0 aromatic heterocycles. The maximum atomic E-state index is 11.8. The minimum Gasteiger partial charge on any atom is -0.389 e. The van der Waals surface area contributed by atoms with E-state index in [2.05, 4.69) is 0 Å². The number of hydrogen-bond donors (Lipinski definition) is 1. The van der Waals surface area contributed by atoms with Crippen LogP contribution in [0.3, 0.4) is 0 Å².